The van der Waals surface area contributed by atoms with Crippen LogP contribution in [0.4, 0.5) is 5.69 Å². The van der Waals surface area contributed by atoms with E-state index in [1.54, 1.807) is 6.20 Å². The highest BCUT2D eigenvalue weighted by Gasteiger charge is 2.02. The van der Waals surface area contributed by atoms with E-state index >= 15 is 0 Å². The predicted octanol–water partition coefficient (Wildman–Crippen LogP) is 2.01. The van der Waals surface area contributed by atoms with E-state index in [1.807, 2.05) is 30.3 Å². The molecule has 16 heavy (non-hydrogen) atoms. The van der Waals surface area contributed by atoms with Crippen molar-refractivity contribution >= 4 is 16.9 Å². The van der Waals surface area contributed by atoms with Gasteiger partial charge < -0.3 is 10.7 Å². The van der Waals surface area contributed by atoms with Crippen LogP contribution in [0.3, 0.4) is 0 Å². The number of anilines is 1. The molecule has 0 fully saturated rings. The van der Waals surface area contributed by atoms with Gasteiger partial charge in [-0.05, 0) is 23.8 Å². The standard InChI is InChI=1S/C12H9N4/c13-10-3-1-8(2-4-10)9-5-11-12(14-6-9)16-7-15-11/h1-6H,13H2,(H,14,15,16). The molecule has 4 nitrogen and oxygen atoms in total. The molecule has 0 aliphatic carbocycles. The van der Waals surface area contributed by atoms with Crippen LogP contribution in [0.5, 0.6) is 0 Å². The minimum Gasteiger partial charge on any atom is -0.399 e. The number of benzene rings is 1. The molecular weight excluding hydrogens is 200 g/mol. The van der Waals surface area contributed by atoms with Crippen LogP contribution >= 0.6 is 0 Å². The van der Waals surface area contributed by atoms with E-state index in [-0.39, 0.29) is 0 Å². The van der Waals surface area contributed by atoms with Gasteiger partial charge in [0.25, 0.3) is 0 Å². The lowest BCUT2D eigenvalue weighted by Crippen LogP contribution is -1.85. The van der Waals surface area contributed by atoms with Gasteiger partial charge in [-0.1, -0.05) is 12.1 Å². The fourth-order valence-corrected chi connectivity index (χ4v) is 1.61. The number of nitrogen functional groups attached to an aromatic ring is 1. The summed E-state index contributed by atoms with van der Waals surface area (Å²) in [5, 5.41) is 0. The molecule has 0 atom stereocenters. The summed E-state index contributed by atoms with van der Waals surface area (Å²) < 4.78 is 0. The average Bonchev–Trinajstić information content (AvgIpc) is 2.77. The Morgan fingerprint density at radius 3 is 2.75 bits per heavy atom. The number of aromatic amines is 1. The zero-order valence-electron chi connectivity index (χ0n) is 8.44. The van der Waals surface area contributed by atoms with Gasteiger partial charge in [0.2, 0.25) is 0 Å². The van der Waals surface area contributed by atoms with Gasteiger partial charge in [0.05, 0.1) is 0 Å². The summed E-state index contributed by atoms with van der Waals surface area (Å²) in [4.78, 5) is 11.2. The summed E-state index contributed by atoms with van der Waals surface area (Å²) in [6.07, 6.45) is 4.47. The first kappa shape index (κ1) is 8.91. The number of fused-ring (bicyclic) bond motifs is 1. The Bertz CT molecular complexity index is 625. The predicted molar refractivity (Wildman–Crippen MR) is 62.6 cm³/mol. The maximum Gasteiger partial charge on any atom is 0.175 e. The molecule has 0 aliphatic heterocycles. The number of hydrogen-bond acceptors (Lipinski definition) is 3. The summed E-state index contributed by atoms with van der Waals surface area (Å²) in [6, 6.07) is 9.65. The van der Waals surface area contributed by atoms with Crippen molar-refractivity contribution < 1.29 is 0 Å². The lowest BCUT2D eigenvalue weighted by atomic mass is 10.1. The number of nitrogens with two attached hydrogens (primary N) is 1. The highest BCUT2D eigenvalue weighted by Crippen LogP contribution is 2.21. The molecule has 0 unspecified atom stereocenters. The number of nitrogens with zero attached hydrogens (tertiary/aromatic N) is 2. The summed E-state index contributed by atoms with van der Waals surface area (Å²) in [5.41, 5.74) is 10.1. The third-order valence-electron chi connectivity index (χ3n) is 2.46. The van der Waals surface area contributed by atoms with Gasteiger partial charge in [-0.3, -0.25) is 0 Å². The maximum atomic E-state index is 5.64. The minimum atomic E-state index is 0.749. The van der Waals surface area contributed by atoms with Gasteiger partial charge in [0, 0.05) is 17.4 Å². The van der Waals surface area contributed by atoms with Crippen molar-refractivity contribution in [3.8, 4) is 11.1 Å². The van der Waals surface area contributed by atoms with Crippen LogP contribution in [0, 0.1) is 6.33 Å². The second kappa shape index (κ2) is 3.34. The molecular formula is C12H9N4. The molecule has 3 rings (SSSR count). The highest BCUT2D eigenvalue weighted by molar-refractivity contribution is 5.77. The van der Waals surface area contributed by atoms with Crippen LogP contribution in [0.2, 0.25) is 0 Å². The van der Waals surface area contributed by atoms with Gasteiger partial charge in [-0.25, -0.2) is 9.97 Å². The fraction of sp³-hybridized carbons (Fsp3) is 0. The van der Waals surface area contributed by atoms with Crippen LogP contribution in [-0.2, 0) is 0 Å². The molecule has 0 amide bonds. The lowest BCUT2D eigenvalue weighted by molar-refractivity contribution is 1.29. The SMILES string of the molecule is Nc1ccc(-c2cnc3[nH][c]nc3c2)cc1. The van der Waals surface area contributed by atoms with Crippen LogP contribution < -0.4 is 5.73 Å². The average molecular weight is 209 g/mol. The Morgan fingerprint density at radius 2 is 1.94 bits per heavy atom. The van der Waals surface area contributed by atoms with Crippen molar-refractivity contribution in [2.75, 3.05) is 5.73 Å². The summed E-state index contributed by atoms with van der Waals surface area (Å²) >= 11 is 0. The molecule has 2 heterocycles. The van der Waals surface area contributed by atoms with Crippen molar-refractivity contribution in [2.24, 2.45) is 0 Å². The molecule has 2 aromatic heterocycles. The second-order valence-corrected chi connectivity index (χ2v) is 3.56. The van der Waals surface area contributed by atoms with Gasteiger partial charge in [-0.2, -0.15) is 0 Å². The molecule has 0 aliphatic rings. The molecule has 0 spiro atoms. The smallest absolute Gasteiger partial charge is 0.175 e. The van der Waals surface area contributed by atoms with Crippen LogP contribution in [0.15, 0.2) is 36.5 Å². The van der Waals surface area contributed by atoms with Gasteiger partial charge in [0.1, 0.15) is 5.52 Å². The van der Waals surface area contributed by atoms with Crippen LogP contribution in [0.25, 0.3) is 22.3 Å². The van der Waals surface area contributed by atoms with E-state index in [4.69, 9.17) is 5.73 Å². The summed E-state index contributed by atoms with van der Waals surface area (Å²) in [5.74, 6) is 0. The first-order valence-corrected chi connectivity index (χ1v) is 4.91. The normalized spacial score (nSPS) is 10.8. The van der Waals surface area contributed by atoms with Crippen molar-refractivity contribution in [3.63, 3.8) is 0 Å². The molecule has 1 aromatic carbocycles. The molecule has 3 N–H and O–H groups in total. The Labute approximate surface area is 92.2 Å². The third kappa shape index (κ3) is 1.40. The molecule has 77 valence electrons. The lowest BCUT2D eigenvalue weighted by Gasteiger charge is -2.01. The number of imidazole rings is 1. The first-order chi connectivity index (χ1) is 7.83. The van der Waals surface area contributed by atoms with E-state index in [1.165, 1.54) is 0 Å². The number of aromatic nitrogens is 3. The third-order valence-corrected chi connectivity index (χ3v) is 2.46. The summed E-state index contributed by atoms with van der Waals surface area (Å²) in [6.45, 7) is 0. The Morgan fingerprint density at radius 1 is 1.12 bits per heavy atom. The van der Waals surface area contributed by atoms with Gasteiger partial charge in [0.15, 0.2) is 12.0 Å². The van der Waals surface area contributed by atoms with E-state index < -0.39 is 0 Å². The van der Waals surface area contributed by atoms with E-state index in [9.17, 15) is 0 Å². The number of rotatable bonds is 1. The summed E-state index contributed by atoms with van der Waals surface area (Å²) in [7, 11) is 0. The minimum absolute atomic E-state index is 0.749. The molecule has 0 saturated heterocycles. The highest BCUT2D eigenvalue weighted by atomic mass is 14.9. The van der Waals surface area contributed by atoms with Crippen molar-refractivity contribution in [2.45, 2.75) is 0 Å². The molecule has 4 heteroatoms. The van der Waals surface area contributed by atoms with Gasteiger partial charge in [-0.15, -0.1) is 0 Å². The fourth-order valence-electron chi connectivity index (χ4n) is 1.61. The van der Waals surface area contributed by atoms with E-state index in [0.717, 1.165) is 28.0 Å². The monoisotopic (exact) mass is 209 g/mol. The Hall–Kier alpha value is -2.36. The van der Waals surface area contributed by atoms with Crippen LogP contribution in [-0.4, -0.2) is 15.0 Å². The molecule has 0 bridgehead atoms. The maximum absolute atomic E-state index is 5.64. The zero-order chi connectivity index (χ0) is 11.0. The van der Waals surface area contributed by atoms with Crippen molar-refractivity contribution in [3.05, 3.63) is 42.9 Å². The van der Waals surface area contributed by atoms with Crippen molar-refractivity contribution in [1.29, 1.82) is 0 Å². The molecule has 3 aromatic rings. The Kier molecular flexibility index (Phi) is 1.86. The largest absolute Gasteiger partial charge is 0.399 e. The van der Waals surface area contributed by atoms with E-state index in [0.29, 0.717) is 0 Å². The zero-order valence-corrected chi connectivity index (χ0v) is 8.44. The van der Waals surface area contributed by atoms with Crippen LogP contribution in [0.1, 0.15) is 0 Å². The van der Waals surface area contributed by atoms with E-state index in [2.05, 4.69) is 21.3 Å². The number of pyridine rings is 1. The Balaban J connectivity index is 2.14. The number of H-pyrrole nitrogens is 1. The topological polar surface area (TPSA) is 67.6 Å². The number of nitrogens with one attached hydrogen (secondary N) is 1. The quantitative estimate of drug-likeness (QED) is 0.602. The second-order valence-electron chi connectivity index (χ2n) is 3.56. The van der Waals surface area contributed by atoms with Gasteiger partial charge >= 0.3 is 0 Å². The first-order valence-electron chi connectivity index (χ1n) is 4.91. The number of hydrogen-bond donors (Lipinski definition) is 2. The molecule has 0 saturated carbocycles. The van der Waals surface area contributed by atoms with Crippen molar-refractivity contribution in [1.82, 2.24) is 15.0 Å². The molecule has 1 radical (unpaired) electrons.